The molecule has 0 fully saturated rings. The average Bonchev–Trinajstić information content (AvgIpc) is 2.62. The van der Waals surface area contributed by atoms with Gasteiger partial charge in [0, 0.05) is 17.0 Å². The molecule has 5 heteroatoms. The summed E-state index contributed by atoms with van der Waals surface area (Å²) in [5.41, 5.74) is 6.74. The van der Waals surface area contributed by atoms with Crippen molar-refractivity contribution in [3.63, 3.8) is 0 Å². The summed E-state index contributed by atoms with van der Waals surface area (Å²) in [7, 11) is 0. The molecule has 4 nitrogen and oxygen atoms in total. The largest absolute Gasteiger partial charge is 0.368 e. The van der Waals surface area contributed by atoms with E-state index >= 15 is 0 Å². The number of fused-ring (bicyclic) bond motifs is 1. The molecule has 0 bridgehead atoms. The summed E-state index contributed by atoms with van der Waals surface area (Å²) < 4.78 is 0. The van der Waals surface area contributed by atoms with Crippen molar-refractivity contribution in [2.24, 2.45) is 5.73 Å². The lowest BCUT2D eigenvalue weighted by Gasteiger charge is -2.17. The second-order valence-electron chi connectivity index (χ2n) is 5.75. The van der Waals surface area contributed by atoms with E-state index in [-0.39, 0.29) is 12.3 Å². The second-order valence-corrected chi connectivity index (χ2v) is 6.16. The van der Waals surface area contributed by atoms with Crippen molar-refractivity contribution < 1.29 is 9.59 Å². The lowest BCUT2D eigenvalue weighted by Crippen LogP contribution is -2.45. The van der Waals surface area contributed by atoms with Gasteiger partial charge in [0.25, 0.3) is 5.91 Å². The molecule has 0 aromatic heterocycles. The lowest BCUT2D eigenvalue weighted by atomic mass is 10.0. The number of nitrogens with two attached hydrogens (primary N) is 1. The van der Waals surface area contributed by atoms with Gasteiger partial charge >= 0.3 is 0 Å². The van der Waals surface area contributed by atoms with Gasteiger partial charge in [0.05, 0.1) is 0 Å². The minimum absolute atomic E-state index is 0.242. The molecule has 0 spiro atoms. The van der Waals surface area contributed by atoms with E-state index in [2.05, 4.69) is 5.32 Å². The van der Waals surface area contributed by atoms with Gasteiger partial charge in [-0.05, 0) is 28.5 Å². The fourth-order valence-corrected chi connectivity index (χ4v) is 2.98. The molecule has 3 aromatic carbocycles. The molecule has 25 heavy (non-hydrogen) atoms. The number of benzene rings is 3. The number of hydrogen-bond acceptors (Lipinski definition) is 2. The van der Waals surface area contributed by atoms with Gasteiger partial charge in [-0.3, -0.25) is 9.59 Å². The quantitative estimate of drug-likeness (QED) is 0.739. The summed E-state index contributed by atoms with van der Waals surface area (Å²) in [6.45, 7) is 0. The first-order chi connectivity index (χ1) is 12.1. The molecule has 0 aliphatic rings. The van der Waals surface area contributed by atoms with Gasteiger partial charge in [0.2, 0.25) is 5.91 Å². The van der Waals surface area contributed by atoms with Crippen LogP contribution in [0.25, 0.3) is 10.8 Å². The smallest absolute Gasteiger partial charge is 0.252 e. The predicted octanol–water partition coefficient (Wildman–Crippen LogP) is 3.32. The molecule has 0 saturated carbocycles. The highest BCUT2D eigenvalue weighted by atomic mass is 35.5. The Labute approximate surface area is 150 Å². The third-order valence-electron chi connectivity index (χ3n) is 4.06. The first-order valence-corrected chi connectivity index (χ1v) is 8.25. The number of halogens is 1. The maximum Gasteiger partial charge on any atom is 0.252 e. The normalized spacial score (nSPS) is 11.9. The highest BCUT2D eigenvalue weighted by Crippen LogP contribution is 2.20. The number of carbonyl (C=O) groups excluding carboxylic acids is 2. The van der Waals surface area contributed by atoms with E-state index in [0.29, 0.717) is 10.6 Å². The Morgan fingerprint density at radius 1 is 0.960 bits per heavy atom. The topological polar surface area (TPSA) is 72.2 Å². The van der Waals surface area contributed by atoms with Crippen molar-refractivity contribution in [3.05, 3.63) is 82.9 Å². The number of hydrogen-bond donors (Lipinski definition) is 2. The van der Waals surface area contributed by atoms with E-state index in [4.69, 9.17) is 17.3 Å². The monoisotopic (exact) mass is 352 g/mol. The van der Waals surface area contributed by atoms with Crippen LogP contribution >= 0.6 is 11.6 Å². The third kappa shape index (κ3) is 3.80. The molecule has 0 heterocycles. The average molecular weight is 353 g/mol. The molecule has 0 radical (unpaired) electrons. The standard InChI is InChI=1S/C20H17ClN2O2/c21-17-11-4-2-7-14(17)12-18(19(22)24)23-20(25)16-10-5-8-13-6-1-3-9-15(13)16/h1-11,18H,12H2,(H2,22,24)(H,23,25)/t18-/m1/s1. The summed E-state index contributed by atoms with van der Waals surface area (Å²) in [6, 6.07) is 19.4. The van der Waals surface area contributed by atoms with Crippen molar-refractivity contribution in [1.29, 1.82) is 0 Å². The van der Waals surface area contributed by atoms with Gasteiger partial charge in [-0.2, -0.15) is 0 Å². The van der Waals surface area contributed by atoms with E-state index in [9.17, 15) is 9.59 Å². The minimum atomic E-state index is -0.841. The number of nitrogens with one attached hydrogen (secondary N) is 1. The molecule has 0 aliphatic carbocycles. The molecule has 0 unspecified atom stereocenters. The first kappa shape index (κ1) is 17.0. The van der Waals surface area contributed by atoms with Crippen LogP contribution in [0.5, 0.6) is 0 Å². The molecule has 0 saturated heterocycles. The van der Waals surface area contributed by atoms with Crippen molar-refractivity contribution in [3.8, 4) is 0 Å². The van der Waals surface area contributed by atoms with Crippen LogP contribution in [0.2, 0.25) is 5.02 Å². The summed E-state index contributed by atoms with van der Waals surface area (Å²) >= 11 is 6.14. The third-order valence-corrected chi connectivity index (χ3v) is 4.43. The van der Waals surface area contributed by atoms with E-state index in [0.717, 1.165) is 16.3 Å². The van der Waals surface area contributed by atoms with Gasteiger partial charge in [-0.25, -0.2) is 0 Å². The Bertz CT molecular complexity index is 934. The molecule has 3 aromatic rings. The van der Waals surface area contributed by atoms with Crippen molar-refractivity contribution in [2.75, 3.05) is 0 Å². The van der Waals surface area contributed by atoms with Gasteiger partial charge < -0.3 is 11.1 Å². The number of amides is 2. The minimum Gasteiger partial charge on any atom is -0.368 e. The Morgan fingerprint density at radius 2 is 1.64 bits per heavy atom. The van der Waals surface area contributed by atoms with Crippen LogP contribution in [0.4, 0.5) is 0 Å². The number of carbonyl (C=O) groups is 2. The van der Waals surface area contributed by atoms with Crippen LogP contribution in [0.15, 0.2) is 66.7 Å². The molecule has 126 valence electrons. The van der Waals surface area contributed by atoms with Crippen LogP contribution in [-0.4, -0.2) is 17.9 Å². The SMILES string of the molecule is NC(=O)[C@@H](Cc1ccccc1Cl)NC(=O)c1cccc2ccccc12. The fraction of sp³-hybridized carbons (Fsp3) is 0.100. The van der Waals surface area contributed by atoms with Gasteiger partial charge in [-0.1, -0.05) is 66.2 Å². The summed E-state index contributed by atoms with van der Waals surface area (Å²) in [6.07, 6.45) is 0.242. The summed E-state index contributed by atoms with van der Waals surface area (Å²) in [5, 5.41) is 5.04. The van der Waals surface area contributed by atoms with Crippen molar-refractivity contribution in [2.45, 2.75) is 12.5 Å². The Kier molecular flexibility index (Phi) is 5.00. The highest BCUT2D eigenvalue weighted by molar-refractivity contribution is 6.31. The van der Waals surface area contributed by atoms with Crippen molar-refractivity contribution >= 4 is 34.2 Å². The van der Waals surface area contributed by atoms with Crippen LogP contribution < -0.4 is 11.1 Å². The van der Waals surface area contributed by atoms with Crippen LogP contribution in [0, 0.1) is 0 Å². The molecular formula is C20H17ClN2O2. The fourth-order valence-electron chi connectivity index (χ4n) is 2.77. The molecular weight excluding hydrogens is 336 g/mol. The molecule has 0 aliphatic heterocycles. The van der Waals surface area contributed by atoms with Gasteiger partial charge in [0.1, 0.15) is 6.04 Å². The van der Waals surface area contributed by atoms with Gasteiger partial charge in [0.15, 0.2) is 0 Å². The molecule has 1 atom stereocenters. The van der Waals surface area contributed by atoms with Crippen molar-refractivity contribution in [1.82, 2.24) is 5.32 Å². The zero-order valence-corrected chi connectivity index (χ0v) is 14.2. The first-order valence-electron chi connectivity index (χ1n) is 7.87. The second kappa shape index (κ2) is 7.36. The molecule has 3 N–H and O–H groups in total. The summed E-state index contributed by atoms with van der Waals surface area (Å²) in [4.78, 5) is 24.5. The van der Waals surface area contributed by atoms with E-state index < -0.39 is 11.9 Å². The number of primary amides is 1. The maximum atomic E-state index is 12.7. The zero-order chi connectivity index (χ0) is 17.8. The Morgan fingerprint density at radius 3 is 2.40 bits per heavy atom. The van der Waals surface area contributed by atoms with E-state index in [1.165, 1.54) is 0 Å². The Hall–Kier alpha value is -2.85. The number of rotatable bonds is 5. The lowest BCUT2D eigenvalue weighted by molar-refractivity contribution is -0.119. The molecule has 3 rings (SSSR count). The zero-order valence-electron chi connectivity index (χ0n) is 13.4. The van der Waals surface area contributed by atoms with Crippen LogP contribution in [0.3, 0.4) is 0 Å². The van der Waals surface area contributed by atoms with Crippen LogP contribution in [-0.2, 0) is 11.2 Å². The van der Waals surface area contributed by atoms with E-state index in [1.807, 2.05) is 48.5 Å². The van der Waals surface area contributed by atoms with E-state index in [1.54, 1.807) is 18.2 Å². The van der Waals surface area contributed by atoms with Gasteiger partial charge in [-0.15, -0.1) is 0 Å². The molecule has 2 amide bonds. The predicted molar refractivity (Wildman–Crippen MR) is 99.6 cm³/mol. The Balaban J connectivity index is 1.86. The van der Waals surface area contributed by atoms with Crippen LogP contribution in [0.1, 0.15) is 15.9 Å². The highest BCUT2D eigenvalue weighted by Gasteiger charge is 2.21. The maximum absolute atomic E-state index is 12.7. The summed E-state index contributed by atoms with van der Waals surface area (Å²) in [5.74, 6) is -0.943.